The number of carbonyl (C=O) groups excluding carboxylic acids is 4. The second-order valence-electron chi connectivity index (χ2n) is 12.7. The molecule has 256 valence electrons. The molecule has 0 spiro atoms. The average Bonchev–Trinajstić information content (AvgIpc) is 3.70. The van der Waals surface area contributed by atoms with E-state index in [4.69, 9.17) is 9.47 Å². The summed E-state index contributed by atoms with van der Waals surface area (Å²) in [6.07, 6.45) is 3.02. The topological polar surface area (TPSA) is 133 Å². The second kappa shape index (κ2) is 18.5. The van der Waals surface area contributed by atoms with Crippen LogP contribution in [0.3, 0.4) is 0 Å². The Morgan fingerprint density at radius 3 is 2.29 bits per heavy atom. The highest BCUT2D eigenvalue weighted by Crippen LogP contribution is 2.29. The smallest absolute Gasteiger partial charge is 0.242 e. The van der Waals surface area contributed by atoms with E-state index in [0.717, 1.165) is 24.3 Å². The normalized spacial score (nSPS) is 19.1. The molecule has 1 saturated heterocycles. The SMILES string of the molecule is CCC(C)C(C(CC(=O)N1CCCC1C(OC)C(C)C(=O)NCc1nccs1)OC)N(C)C(=O)CNC(=O)C(C(C)C)N(C)C. The third-order valence-corrected chi connectivity index (χ3v) is 9.85. The maximum absolute atomic E-state index is 13.9. The van der Waals surface area contributed by atoms with Gasteiger partial charge in [-0.25, -0.2) is 4.98 Å². The van der Waals surface area contributed by atoms with E-state index < -0.39 is 24.2 Å². The van der Waals surface area contributed by atoms with Crippen LogP contribution in [0.4, 0.5) is 0 Å². The predicted molar refractivity (Wildman–Crippen MR) is 175 cm³/mol. The molecule has 0 aromatic carbocycles. The Bertz CT molecular complexity index is 1080. The maximum Gasteiger partial charge on any atom is 0.242 e. The van der Waals surface area contributed by atoms with Gasteiger partial charge in [-0.15, -0.1) is 11.3 Å². The lowest BCUT2D eigenvalue weighted by Gasteiger charge is -2.39. The van der Waals surface area contributed by atoms with Gasteiger partial charge in [-0.2, -0.15) is 0 Å². The first kappa shape index (κ1) is 38.6. The standard InChI is InChI=1S/C32H56N6O6S/c1-11-21(4)29(37(8)27(40)19-35-32(42)28(20(2)3)36(6)7)24(43-9)17-26(39)38-15-12-13-23(38)30(44-10)22(5)31(41)34-18-25-33-14-16-45-25/h14,16,20-24,28-30H,11-13,15,17-19H2,1-10H3,(H,34,41)(H,35,42). The number of nitrogens with zero attached hydrogens (tertiary/aromatic N) is 4. The van der Waals surface area contributed by atoms with Gasteiger partial charge >= 0.3 is 0 Å². The molecule has 4 amide bonds. The van der Waals surface area contributed by atoms with Crippen molar-refractivity contribution in [1.82, 2.24) is 30.3 Å². The summed E-state index contributed by atoms with van der Waals surface area (Å²) < 4.78 is 11.7. The molecule has 2 heterocycles. The van der Waals surface area contributed by atoms with Gasteiger partial charge in [-0.05, 0) is 38.8 Å². The Morgan fingerprint density at radius 1 is 1.07 bits per heavy atom. The minimum atomic E-state index is -0.566. The van der Waals surface area contributed by atoms with Crippen LogP contribution in [0.25, 0.3) is 0 Å². The van der Waals surface area contributed by atoms with Crippen LogP contribution in [0, 0.1) is 17.8 Å². The number of ether oxygens (including phenoxy) is 2. The summed E-state index contributed by atoms with van der Waals surface area (Å²) in [7, 11) is 8.53. The first-order valence-corrected chi connectivity index (χ1v) is 16.9. The summed E-state index contributed by atoms with van der Waals surface area (Å²) in [5, 5.41) is 8.43. The largest absolute Gasteiger partial charge is 0.379 e. The molecule has 7 atom stereocenters. The summed E-state index contributed by atoms with van der Waals surface area (Å²) in [5.74, 6) is -1.08. The van der Waals surface area contributed by atoms with Crippen LogP contribution in [-0.2, 0) is 35.2 Å². The van der Waals surface area contributed by atoms with Crippen LogP contribution in [-0.4, -0.2) is 122 Å². The lowest BCUT2D eigenvalue weighted by Crippen LogP contribution is -2.55. The third-order valence-electron chi connectivity index (χ3n) is 9.07. The van der Waals surface area contributed by atoms with Crippen LogP contribution in [0.2, 0.25) is 0 Å². The van der Waals surface area contributed by atoms with Gasteiger partial charge in [0.2, 0.25) is 23.6 Å². The second-order valence-corrected chi connectivity index (χ2v) is 13.6. The van der Waals surface area contributed by atoms with Gasteiger partial charge in [-0.3, -0.25) is 24.1 Å². The van der Waals surface area contributed by atoms with E-state index in [2.05, 4.69) is 15.6 Å². The molecule has 1 fully saturated rings. The van der Waals surface area contributed by atoms with Crippen molar-refractivity contribution in [3.8, 4) is 0 Å². The number of hydrogen-bond acceptors (Lipinski definition) is 9. The zero-order valence-corrected chi connectivity index (χ0v) is 29.7. The monoisotopic (exact) mass is 652 g/mol. The average molecular weight is 653 g/mol. The van der Waals surface area contributed by atoms with Crippen LogP contribution in [0.5, 0.6) is 0 Å². The minimum absolute atomic E-state index is 0.0280. The lowest BCUT2D eigenvalue weighted by atomic mass is 9.90. The third kappa shape index (κ3) is 10.5. The van der Waals surface area contributed by atoms with Crippen molar-refractivity contribution in [1.29, 1.82) is 0 Å². The fourth-order valence-electron chi connectivity index (χ4n) is 6.52. The number of amides is 4. The van der Waals surface area contributed by atoms with Crippen LogP contribution in [0.1, 0.15) is 65.3 Å². The molecule has 0 radical (unpaired) electrons. The molecular weight excluding hydrogens is 596 g/mol. The Balaban J connectivity index is 2.13. The van der Waals surface area contributed by atoms with E-state index in [9.17, 15) is 19.2 Å². The predicted octanol–water partition coefficient (Wildman–Crippen LogP) is 2.38. The summed E-state index contributed by atoms with van der Waals surface area (Å²) >= 11 is 1.48. The quantitative estimate of drug-likeness (QED) is 0.247. The Labute approximate surface area is 273 Å². The van der Waals surface area contributed by atoms with Crippen molar-refractivity contribution in [2.45, 2.75) is 97.2 Å². The number of thiazole rings is 1. The van der Waals surface area contributed by atoms with E-state index in [1.807, 2.05) is 63.9 Å². The summed E-state index contributed by atoms with van der Waals surface area (Å²) in [5.41, 5.74) is 0. The molecule has 1 aliphatic rings. The van der Waals surface area contributed by atoms with Crippen LogP contribution in [0.15, 0.2) is 11.6 Å². The molecule has 0 saturated carbocycles. The number of hydrogen-bond donors (Lipinski definition) is 2. The van der Waals surface area contributed by atoms with Gasteiger partial charge in [0.25, 0.3) is 0 Å². The van der Waals surface area contributed by atoms with Crippen molar-refractivity contribution in [3.05, 3.63) is 16.6 Å². The molecule has 0 aliphatic carbocycles. The Morgan fingerprint density at radius 2 is 1.76 bits per heavy atom. The number of methoxy groups -OCH3 is 2. The number of nitrogens with one attached hydrogen (secondary N) is 2. The molecule has 12 nitrogen and oxygen atoms in total. The van der Waals surface area contributed by atoms with Gasteiger partial charge in [0.05, 0.1) is 55.8 Å². The first-order chi connectivity index (χ1) is 21.3. The molecule has 1 aromatic heterocycles. The van der Waals surface area contributed by atoms with E-state index in [1.54, 1.807) is 32.4 Å². The van der Waals surface area contributed by atoms with Crippen molar-refractivity contribution >= 4 is 35.0 Å². The summed E-state index contributed by atoms with van der Waals surface area (Å²) in [4.78, 5) is 62.6. The van der Waals surface area contributed by atoms with Gasteiger partial charge in [0, 0.05) is 39.4 Å². The fourth-order valence-corrected chi connectivity index (χ4v) is 7.07. The Hall–Kier alpha value is -2.61. The lowest BCUT2D eigenvalue weighted by molar-refractivity contribution is -0.146. The Kier molecular flexibility index (Phi) is 15.9. The van der Waals surface area contributed by atoms with Gasteiger partial charge in [0.15, 0.2) is 0 Å². The zero-order valence-electron chi connectivity index (χ0n) is 28.9. The number of likely N-dealkylation sites (N-methyl/N-ethyl adjacent to an activating group) is 2. The van der Waals surface area contributed by atoms with Gasteiger partial charge in [0.1, 0.15) is 5.01 Å². The van der Waals surface area contributed by atoms with E-state index in [0.29, 0.717) is 13.1 Å². The molecule has 1 aliphatic heterocycles. The van der Waals surface area contributed by atoms with Crippen molar-refractivity contribution in [3.63, 3.8) is 0 Å². The fraction of sp³-hybridized carbons (Fsp3) is 0.781. The zero-order chi connectivity index (χ0) is 33.8. The van der Waals surface area contributed by atoms with Gasteiger partial charge in [-0.1, -0.05) is 41.0 Å². The van der Waals surface area contributed by atoms with E-state index in [1.165, 1.54) is 11.3 Å². The molecule has 0 bridgehead atoms. The van der Waals surface area contributed by atoms with Crippen LogP contribution < -0.4 is 10.6 Å². The number of aromatic nitrogens is 1. The number of rotatable bonds is 18. The van der Waals surface area contributed by atoms with Crippen molar-refractivity contribution in [2.75, 3.05) is 48.5 Å². The highest BCUT2D eigenvalue weighted by molar-refractivity contribution is 7.09. The maximum atomic E-state index is 13.9. The summed E-state index contributed by atoms with van der Waals surface area (Å²) in [6.45, 7) is 10.6. The molecule has 2 rings (SSSR count). The molecule has 2 N–H and O–H groups in total. The van der Waals surface area contributed by atoms with Crippen molar-refractivity contribution in [2.24, 2.45) is 17.8 Å². The number of likely N-dealkylation sites (tertiary alicyclic amines) is 1. The molecule has 45 heavy (non-hydrogen) atoms. The van der Waals surface area contributed by atoms with Crippen molar-refractivity contribution < 1.29 is 28.7 Å². The number of carbonyl (C=O) groups is 4. The highest BCUT2D eigenvalue weighted by atomic mass is 32.1. The molecule has 1 aromatic rings. The van der Waals surface area contributed by atoms with E-state index in [-0.39, 0.29) is 60.5 Å². The van der Waals surface area contributed by atoms with Gasteiger partial charge < -0.3 is 29.9 Å². The molecule has 13 heteroatoms. The molecular formula is C32H56N6O6S. The van der Waals surface area contributed by atoms with Crippen LogP contribution >= 0.6 is 11.3 Å². The highest BCUT2D eigenvalue weighted by Gasteiger charge is 2.42. The van der Waals surface area contributed by atoms with E-state index >= 15 is 0 Å². The first-order valence-electron chi connectivity index (χ1n) is 16.0. The summed E-state index contributed by atoms with van der Waals surface area (Å²) in [6, 6.07) is -1.00. The molecule has 7 unspecified atom stereocenters. The minimum Gasteiger partial charge on any atom is -0.379 e.